The van der Waals surface area contributed by atoms with Crippen molar-refractivity contribution >= 4 is 40.4 Å². The van der Waals surface area contributed by atoms with Crippen molar-refractivity contribution in [3.8, 4) is 0 Å². The Labute approximate surface area is 215 Å². The molecule has 7 nitrogen and oxygen atoms in total. The molecular weight excluding hydrogens is 472 g/mol. The molecule has 3 amide bonds. The van der Waals surface area contributed by atoms with E-state index in [0.29, 0.717) is 50.3 Å². The fourth-order valence-electron chi connectivity index (χ4n) is 4.89. The second-order valence-corrected chi connectivity index (χ2v) is 10.1. The number of likely N-dealkylation sites (tertiary alicyclic amines) is 1. The van der Waals surface area contributed by atoms with Crippen molar-refractivity contribution in [2.45, 2.75) is 12.8 Å². The molecule has 1 aromatic heterocycles. The van der Waals surface area contributed by atoms with Crippen molar-refractivity contribution in [1.82, 2.24) is 9.80 Å². The molecule has 186 valence electrons. The van der Waals surface area contributed by atoms with Crippen LogP contribution in [0.15, 0.2) is 72.1 Å². The minimum absolute atomic E-state index is 0.0344. The number of amides is 3. The van der Waals surface area contributed by atoms with Gasteiger partial charge in [-0.15, -0.1) is 11.3 Å². The van der Waals surface area contributed by atoms with Gasteiger partial charge in [-0.25, -0.2) is 0 Å². The summed E-state index contributed by atoms with van der Waals surface area (Å²) in [6, 6.07) is 21.2. The predicted molar refractivity (Wildman–Crippen MR) is 143 cm³/mol. The standard InChI is InChI=1S/C28H30N4O3S/c33-26(21-12-14-31(15-13-21)28(35)25-11-6-20-36-25)29-24-10-5-4-9-23(24)27(34)32-18-16-30(17-19-32)22-7-2-1-3-8-22/h1-11,20-21H,12-19H2,(H,29,33). The number of piperazine rings is 1. The van der Waals surface area contributed by atoms with Gasteiger partial charge >= 0.3 is 0 Å². The van der Waals surface area contributed by atoms with Crippen LogP contribution in [-0.4, -0.2) is 66.8 Å². The topological polar surface area (TPSA) is 73.0 Å². The Bertz CT molecular complexity index is 1200. The average Bonchev–Trinajstić information content (AvgIpc) is 3.48. The third-order valence-corrected chi connectivity index (χ3v) is 7.85. The summed E-state index contributed by atoms with van der Waals surface area (Å²) in [5, 5.41) is 4.91. The summed E-state index contributed by atoms with van der Waals surface area (Å²) < 4.78 is 0. The molecule has 2 saturated heterocycles. The maximum Gasteiger partial charge on any atom is 0.263 e. The number of para-hydroxylation sites is 2. The molecule has 0 radical (unpaired) electrons. The molecule has 3 aromatic rings. The highest BCUT2D eigenvalue weighted by Crippen LogP contribution is 2.25. The van der Waals surface area contributed by atoms with Crippen LogP contribution in [0.4, 0.5) is 11.4 Å². The SMILES string of the molecule is O=C(Nc1ccccc1C(=O)N1CCN(c2ccccc2)CC1)C1CCN(C(=O)c2cccs2)CC1. The minimum Gasteiger partial charge on any atom is -0.368 e. The average molecular weight is 503 g/mol. The molecule has 0 aliphatic carbocycles. The van der Waals surface area contributed by atoms with Gasteiger partial charge in [-0.1, -0.05) is 36.4 Å². The number of hydrogen-bond donors (Lipinski definition) is 1. The van der Waals surface area contributed by atoms with E-state index in [-0.39, 0.29) is 23.6 Å². The van der Waals surface area contributed by atoms with E-state index in [0.717, 1.165) is 18.0 Å². The number of hydrogen-bond acceptors (Lipinski definition) is 5. The Balaban J connectivity index is 1.17. The van der Waals surface area contributed by atoms with Crippen molar-refractivity contribution in [1.29, 1.82) is 0 Å². The van der Waals surface area contributed by atoms with Crippen molar-refractivity contribution in [2.75, 3.05) is 49.5 Å². The fourth-order valence-corrected chi connectivity index (χ4v) is 5.58. The van der Waals surface area contributed by atoms with Crippen LogP contribution in [0.25, 0.3) is 0 Å². The maximum absolute atomic E-state index is 13.4. The highest BCUT2D eigenvalue weighted by atomic mass is 32.1. The van der Waals surface area contributed by atoms with Crippen LogP contribution in [0.1, 0.15) is 32.9 Å². The molecule has 1 N–H and O–H groups in total. The summed E-state index contributed by atoms with van der Waals surface area (Å²) in [4.78, 5) is 45.7. The number of benzene rings is 2. The summed E-state index contributed by atoms with van der Waals surface area (Å²) in [5.41, 5.74) is 2.24. The molecule has 2 aliphatic heterocycles. The van der Waals surface area contributed by atoms with E-state index >= 15 is 0 Å². The number of piperidine rings is 1. The largest absolute Gasteiger partial charge is 0.368 e. The van der Waals surface area contributed by atoms with E-state index in [2.05, 4.69) is 22.3 Å². The van der Waals surface area contributed by atoms with Crippen LogP contribution in [0.3, 0.4) is 0 Å². The monoisotopic (exact) mass is 502 g/mol. The summed E-state index contributed by atoms with van der Waals surface area (Å²) >= 11 is 1.44. The Morgan fingerprint density at radius 2 is 1.39 bits per heavy atom. The summed E-state index contributed by atoms with van der Waals surface area (Å²) in [5.74, 6) is -0.301. The van der Waals surface area contributed by atoms with Crippen LogP contribution in [0, 0.1) is 5.92 Å². The Kier molecular flexibility index (Phi) is 7.32. The highest BCUT2D eigenvalue weighted by molar-refractivity contribution is 7.12. The third kappa shape index (κ3) is 5.28. The lowest BCUT2D eigenvalue weighted by molar-refractivity contribution is -0.121. The van der Waals surface area contributed by atoms with Gasteiger partial charge in [-0.2, -0.15) is 0 Å². The second kappa shape index (κ2) is 11.0. The normalized spacial score (nSPS) is 16.6. The number of anilines is 2. The third-order valence-electron chi connectivity index (χ3n) is 6.99. The van der Waals surface area contributed by atoms with E-state index in [1.165, 1.54) is 17.0 Å². The van der Waals surface area contributed by atoms with Crippen LogP contribution in [0.5, 0.6) is 0 Å². The van der Waals surface area contributed by atoms with Gasteiger partial charge in [-0.05, 0) is 48.6 Å². The zero-order valence-corrected chi connectivity index (χ0v) is 21.0. The molecule has 2 aromatic carbocycles. The van der Waals surface area contributed by atoms with Gasteiger partial charge in [0, 0.05) is 50.9 Å². The lowest BCUT2D eigenvalue weighted by Crippen LogP contribution is -2.49. The van der Waals surface area contributed by atoms with Gasteiger partial charge in [-0.3, -0.25) is 14.4 Å². The Morgan fingerprint density at radius 3 is 2.08 bits per heavy atom. The molecule has 0 spiro atoms. The van der Waals surface area contributed by atoms with Gasteiger partial charge in [0.2, 0.25) is 5.91 Å². The van der Waals surface area contributed by atoms with Gasteiger partial charge in [0.05, 0.1) is 16.1 Å². The van der Waals surface area contributed by atoms with Crippen LogP contribution >= 0.6 is 11.3 Å². The molecule has 0 bridgehead atoms. The first kappa shape index (κ1) is 24.1. The summed E-state index contributed by atoms with van der Waals surface area (Å²) in [7, 11) is 0. The highest BCUT2D eigenvalue weighted by Gasteiger charge is 2.29. The fraction of sp³-hybridized carbons (Fsp3) is 0.321. The van der Waals surface area contributed by atoms with Gasteiger partial charge < -0.3 is 20.0 Å². The molecule has 0 saturated carbocycles. The minimum atomic E-state index is -0.185. The van der Waals surface area contributed by atoms with E-state index < -0.39 is 0 Å². The molecule has 0 atom stereocenters. The number of carbonyl (C=O) groups is 3. The predicted octanol–water partition coefficient (Wildman–Crippen LogP) is 4.20. The molecule has 2 aliphatic rings. The first-order valence-electron chi connectivity index (χ1n) is 12.4. The molecule has 36 heavy (non-hydrogen) atoms. The van der Waals surface area contributed by atoms with Crippen molar-refractivity contribution < 1.29 is 14.4 Å². The van der Waals surface area contributed by atoms with E-state index in [9.17, 15) is 14.4 Å². The summed E-state index contributed by atoms with van der Waals surface area (Å²) in [6.45, 7) is 3.92. The smallest absolute Gasteiger partial charge is 0.263 e. The van der Waals surface area contributed by atoms with Crippen LogP contribution < -0.4 is 10.2 Å². The second-order valence-electron chi connectivity index (χ2n) is 9.19. The molecule has 2 fully saturated rings. The number of nitrogens with zero attached hydrogens (tertiary/aromatic N) is 3. The lowest BCUT2D eigenvalue weighted by Gasteiger charge is -2.36. The Morgan fingerprint density at radius 1 is 0.722 bits per heavy atom. The number of carbonyl (C=O) groups excluding carboxylic acids is 3. The van der Waals surface area contributed by atoms with Crippen LogP contribution in [-0.2, 0) is 4.79 Å². The van der Waals surface area contributed by atoms with Gasteiger partial charge in [0.25, 0.3) is 11.8 Å². The molecule has 3 heterocycles. The molecule has 8 heteroatoms. The van der Waals surface area contributed by atoms with Crippen molar-refractivity contribution in [3.05, 3.63) is 82.6 Å². The van der Waals surface area contributed by atoms with E-state index in [4.69, 9.17) is 0 Å². The number of thiophene rings is 1. The van der Waals surface area contributed by atoms with E-state index in [1.54, 1.807) is 12.1 Å². The molecular formula is C28H30N4O3S. The Hall–Kier alpha value is -3.65. The van der Waals surface area contributed by atoms with Crippen LogP contribution in [0.2, 0.25) is 0 Å². The number of rotatable bonds is 5. The lowest BCUT2D eigenvalue weighted by atomic mass is 9.95. The van der Waals surface area contributed by atoms with Gasteiger partial charge in [0.1, 0.15) is 0 Å². The summed E-state index contributed by atoms with van der Waals surface area (Å²) in [6.07, 6.45) is 1.22. The first-order chi connectivity index (χ1) is 17.6. The maximum atomic E-state index is 13.4. The van der Waals surface area contributed by atoms with Gasteiger partial charge in [0.15, 0.2) is 0 Å². The number of nitrogens with one attached hydrogen (secondary N) is 1. The first-order valence-corrected chi connectivity index (χ1v) is 13.3. The quantitative estimate of drug-likeness (QED) is 0.568. The van der Waals surface area contributed by atoms with Crippen molar-refractivity contribution in [2.24, 2.45) is 5.92 Å². The zero-order chi connectivity index (χ0) is 24.9. The molecule has 0 unspecified atom stereocenters. The molecule has 5 rings (SSSR count). The zero-order valence-electron chi connectivity index (χ0n) is 20.1. The van der Waals surface area contributed by atoms with Crippen molar-refractivity contribution in [3.63, 3.8) is 0 Å². The van der Waals surface area contributed by atoms with E-state index in [1.807, 2.05) is 57.6 Å².